The second-order valence-corrected chi connectivity index (χ2v) is 9.23. The molecule has 0 bridgehead atoms. The highest BCUT2D eigenvalue weighted by Gasteiger charge is 2.24. The van der Waals surface area contributed by atoms with Crippen molar-refractivity contribution in [2.24, 2.45) is 0 Å². The normalized spacial score (nSPS) is 11.1. The zero-order valence-electron chi connectivity index (χ0n) is 20.5. The van der Waals surface area contributed by atoms with Gasteiger partial charge in [-0.3, -0.25) is 0 Å². The molecule has 0 spiro atoms. The van der Waals surface area contributed by atoms with Crippen LogP contribution in [0.5, 0.6) is 11.5 Å². The molecule has 8 heteroatoms. The summed E-state index contributed by atoms with van der Waals surface area (Å²) in [5, 5.41) is 0. The molecule has 4 rings (SSSR count). The lowest BCUT2D eigenvalue weighted by molar-refractivity contribution is 0.0725. The van der Waals surface area contributed by atoms with Gasteiger partial charge in [0.05, 0.1) is 11.1 Å². The summed E-state index contributed by atoms with van der Waals surface area (Å²) in [6.45, 7) is 4.14. The Morgan fingerprint density at radius 3 is 1.14 bits per heavy atom. The first-order chi connectivity index (χ1) is 17.5. The monoisotopic (exact) mass is 496 g/mol. The molecular weight excluding hydrogens is 468 g/mol. The summed E-state index contributed by atoms with van der Waals surface area (Å²) in [5.41, 5.74) is 26.8. The highest BCUT2D eigenvalue weighted by atomic mass is 16.5. The van der Waals surface area contributed by atoms with Gasteiger partial charge in [0.1, 0.15) is 11.5 Å². The van der Waals surface area contributed by atoms with E-state index in [2.05, 4.69) is 13.8 Å². The molecule has 0 fully saturated rings. The van der Waals surface area contributed by atoms with E-state index < -0.39 is 11.9 Å². The fourth-order valence-electron chi connectivity index (χ4n) is 3.97. The molecule has 0 aromatic heterocycles. The number of carbonyl (C=O) groups is 2. The second-order valence-electron chi connectivity index (χ2n) is 9.23. The topological polar surface area (TPSA) is 157 Å². The van der Waals surface area contributed by atoms with Gasteiger partial charge in [0.15, 0.2) is 0 Å². The van der Waals surface area contributed by atoms with Crippen molar-refractivity contribution in [3.05, 3.63) is 107 Å². The third-order valence-electron chi connectivity index (χ3n) is 6.00. The molecule has 0 aliphatic carbocycles. The molecule has 0 heterocycles. The van der Waals surface area contributed by atoms with Crippen LogP contribution in [0.15, 0.2) is 84.9 Å². The number of nitrogen functional groups attached to an aromatic ring is 4. The van der Waals surface area contributed by atoms with E-state index in [4.69, 9.17) is 32.4 Å². The van der Waals surface area contributed by atoms with Crippen molar-refractivity contribution in [2.75, 3.05) is 22.9 Å². The largest absolute Gasteiger partial charge is 0.423 e. The first kappa shape index (κ1) is 25.1. The van der Waals surface area contributed by atoms with Gasteiger partial charge >= 0.3 is 11.9 Å². The summed E-state index contributed by atoms with van der Waals surface area (Å²) in [5.74, 6) is -0.293. The van der Waals surface area contributed by atoms with Crippen LogP contribution in [0.3, 0.4) is 0 Å². The highest BCUT2D eigenvalue weighted by Crippen LogP contribution is 2.33. The van der Waals surface area contributed by atoms with E-state index >= 15 is 0 Å². The number of carbonyl (C=O) groups excluding carboxylic acids is 2. The molecule has 188 valence electrons. The molecule has 0 saturated carbocycles. The predicted molar refractivity (Wildman–Crippen MR) is 145 cm³/mol. The lowest BCUT2D eigenvalue weighted by Crippen LogP contribution is -2.19. The molecule has 0 saturated heterocycles. The summed E-state index contributed by atoms with van der Waals surface area (Å²) < 4.78 is 10.9. The van der Waals surface area contributed by atoms with Crippen molar-refractivity contribution >= 4 is 34.7 Å². The van der Waals surface area contributed by atoms with Crippen molar-refractivity contribution < 1.29 is 19.1 Å². The van der Waals surface area contributed by atoms with Crippen molar-refractivity contribution in [1.82, 2.24) is 0 Å². The van der Waals surface area contributed by atoms with Gasteiger partial charge in [0, 0.05) is 28.2 Å². The van der Waals surface area contributed by atoms with Gasteiger partial charge in [-0.2, -0.15) is 0 Å². The Balaban J connectivity index is 1.45. The molecule has 4 aromatic carbocycles. The fraction of sp³-hybridized carbons (Fsp3) is 0.103. The zero-order valence-corrected chi connectivity index (χ0v) is 20.5. The van der Waals surface area contributed by atoms with Crippen LogP contribution in [-0.4, -0.2) is 11.9 Å². The maximum Gasteiger partial charge on any atom is 0.343 e. The molecule has 0 atom stereocenters. The van der Waals surface area contributed by atoms with E-state index in [1.54, 1.807) is 36.4 Å². The fourth-order valence-corrected chi connectivity index (χ4v) is 3.97. The number of esters is 2. The summed E-state index contributed by atoms with van der Waals surface area (Å²) in [6.07, 6.45) is 0. The third kappa shape index (κ3) is 5.82. The minimum Gasteiger partial charge on any atom is -0.423 e. The summed E-state index contributed by atoms with van der Waals surface area (Å²) in [6, 6.07) is 23.7. The molecular formula is C29H28N4O4. The molecule has 0 radical (unpaired) electrons. The van der Waals surface area contributed by atoms with Crippen molar-refractivity contribution in [3.63, 3.8) is 0 Å². The maximum atomic E-state index is 12.5. The van der Waals surface area contributed by atoms with Crippen LogP contribution < -0.4 is 32.4 Å². The number of ether oxygens (including phenoxy) is 2. The van der Waals surface area contributed by atoms with Gasteiger partial charge in [0.25, 0.3) is 0 Å². The van der Waals surface area contributed by atoms with E-state index in [-0.39, 0.29) is 16.5 Å². The van der Waals surface area contributed by atoms with Gasteiger partial charge in [-0.05, 0) is 71.8 Å². The van der Waals surface area contributed by atoms with Crippen LogP contribution in [-0.2, 0) is 5.41 Å². The molecule has 0 aliphatic heterocycles. The number of benzene rings is 4. The van der Waals surface area contributed by atoms with Gasteiger partial charge in [-0.25, -0.2) is 9.59 Å². The van der Waals surface area contributed by atoms with Crippen molar-refractivity contribution in [3.8, 4) is 11.5 Å². The number of anilines is 4. The first-order valence-corrected chi connectivity index (χ1v) is 11.5. The molecule has 8 nitrogen and oxygen atoms in total. The molecule has 4 aromatic rings. The average Bonchev–Trinajstić information content (AvgIpc) is 2.83. The summed E-state index contributed by atoms with van der Waals surface area (Å²) in [4.78, 5) is 24.9. The van der Waals surface area contributed by atoms with Gasteiger partial charge in [-0.15, -0.1) is 0 Å². The number of nitrogens with two attached hydrogens (primary N) is 4. The minimum absolute atomic E-state index is 0.280. The standard InChI is InChI=1S/C29H28N4O4/c1-29(2,19-3-7-25(8-4-19)36-27(34)17-11-21(30)15-22(31)12-17)20-5-9-26(10-6-20)37-28(35)18-13-23(32)16-24(33)14-18/h3-16H,30-33H2,1-2H3. The van der Waals surface area contributed by atoms with Crippen LogP contribution in [0.25, 0.3) is 0 Å². The SMILES string of the molecule is CC(C)(c1ccc(OC(=O)c2cc(N)cc(N)c2)cc1)c1ccc(OC(=O)c2cc(N)cc(N)c2)cc1. The Hall–Kier alpha value is -4.98. The Labute approximate surface area is 214 Å². The minimum atomic E-state index is -0.544. The Morgan fingerprint density at radius 1 is 0.541 bits per heavy atom. The Morgan fingerprint density at radius 2 is 0.838 bits per heavy atom. The molecule has 37 heavy (non-hydrogen) atoms. The lowest BCUT2D eigenvalue weighted by Gasteiger charge is -2.26. The number of hydrogen-bond acceptors (Lipinski definition) is 8. The van der Waals surface area contributed by atoms with E-state index in [1.807, 2.05) is 24.3 Å². The summed E-state index contributed by atoms with van der Waals surface area (Å²) in [7, 11) is 0. The van der Waals surface area contributed by atoms with Crippen molar-refractivity contribution in [2.45, 2.75) is 19.3 Å². The molecule has 0 amide bonds. The van der Waals surface area contributed by atoms with E-state index in [1.165, 1.54) is 24.3 Å². The molecule has 8 N–H and O–H groups in total. The van der Waals surface area contributed by atoms with Crippen LogP contribution >= 0.6 is 0 Å². The second kappa shape index (κ2) is 9.94. The van der Waals surface area contributed by atoms with E-state index in [0.717, 1.165) is 11.1 Å². The average molecular weight is 497 g/mol. The smallest absolute Gasteiger partial charge is 0.343 e. The van der Waals surface area contributed by atoms with E-state index in [0.29, 0.717) is 34.2 Å². The quantitative estimate of drug-likeness (QED) is 0.169. The third-order valence-corrected chi connectivity index (χ3v) is 6.00. The predicted octanol–water partition coefficient (Wildman–Crippen LogP) is 4.78. The highest BCUT2D eigenvalue weighted by molar-refractivity contribution is 5.94. The van der Waals surface area contributed by atoms with Crippen LogP contribution in [0, 0.1) is 0 Å². The zero-order chi connectivity index (χ0) is 26.7. The van der Waals surface area contributed by atoms with Gasteiger partial charge in [0.2, 0.25) is 0 Å². The van der Waals surface area contributed by atoms with Crippen molar-refractivity contribution in [1.29, 1.82) is 0 Å². The Bertz CT molecular complexity index is 1310. The number of hydrogen-bond donors (Lipinski definition) is 4. The van der Waals surface area contributed by atoms with Gasteiger partial charge in [-0.1, -0.05) is 38.1 Å². The first-order valence-electron chi connectivity index (χ1n) is 11.5. The number of rotatable bonds is 6. The maximum absolute atomic E-state index is 12.5. The Kier molecular flexibility index (Phi) is 6.75. The van der Waals surface area contributed by atoms with Crippen LogP contribution in [0.2, 0.25) is 0 Å². The van der Waals surface area contributed by atoms with E-state index in [9.17, 15) is 9.59 Å². The lowest BCUT2D eigenvalue weighted by atomic mass is 9.78. The molecule has 0 aliphatic rings. The van der Waals surface area contributed by atoms with Gasteiger partial charge < -0.3 is 32.4 Å². The molecule has 0 unspecified atom stereocenters. The summed E-state index contributed by atoms with van der Waals surface area (Å²) >= 11 is 0. The van der Waals surface area contributed by atoms with Crippen LogP contribution in [0.4, 0.5) is 22.7 Å². The van der Waals surface area contributed by atoms with Crippen LogP contribution in [0.1, 0.15) is 45.7 Å².